The Morgan fingerprint density at radius 1 is 1.67 bits per heavy atom. The molecule has 0 bridgehead atoms. The van der Waals surface area contributed by atoms with Crippen molar-refractivity contribution in [2.24, 2.45) is 0 Å². The number of allylic oxidation sites excluding steroid dienone is 1. The molecule has 0 heterocycles. The largest absolute Gasteiger partial charge is 0.354 e. The molecule has 0 aliphatic carbocycles. The second kappa shape index (κ2) is 6.13. The van der Waals surface area contributed by atoms with E-state index >= 15 is 0 Å². The van der Waals surface area contributed by atoms with E-state index in [1.54, 1.807) is 0 Å². The quantitative estimate of drug-likeness (QED) is 0.536. The summed E-state index contributed by atoms with van der Waals surface area (Å²) in [4.78, 5) is 2.06. The zero-order chi connectivity index (χ0) is 7.11. The standard InChI is InChI=1S/C7H12IN/c1-3-6-9(4-2)7-5-8/h3-4,6H,2,5,7H2,1H3/b6-3-. The second-order valence-corrected chi connectivity index (χ2v) is 2.67. The monoisotopic (exact) mass is 237 g/mol. The van der Waals surface area contributed by atoms with Gasteiger partial charge in [0.05, 0.1) is 0 Å². The zero-order valence-corrected chi connectivity index (χ0v) is 7.84. The molecule has 0 N–H and O–H groups in total. The smallest absolute Gasteiger partial charge is 0.0309 e. The van der Waals surface area contributed by atoms with E-state index < -0.39 is 0 Å². The van der Waals surface area contributed by atoms with Crippen LogP contribution in [0.5, 0.6) is 0 Å². The molecule has 1 nitrogen and oxygen atoms in total. The van der Waals surface area contributed by atoms with Crippen LogP contribution in [0.4, 0.5) is 0 Å². The van der Waals surface area contributed by atoms with Gasteiger partial charge >= 0.3 is 0 Å². The van der Waals surface area contributed by atoms with Crippen molar-refractivity contribution in [2.75, 3.05) is 11.0 Å². The van der Waals surface area contributed by atoms with Crippen LogP contribution < -0.4 is 0 Å². The Morgan fingerprint density at radius 3 is 2.67 bits per heavy atom. The highest BCUT2D eigenvalue weighted by atomic mass is 127. The average molecular weight is 237 g/mol. The van der Waals surface area contributed by atoms with Crippen molar-refractivity contribution in [1.29, 1.82) is 0 Å². The summed E-state index contributed by atoms with van der Waals surface area (Å²) in [6, 6.07) is 0. The molecule has 0 saturated heterocycles. The van der Waals surface area contributed by atoms with Gasteiger partial charge in [0.2, 0.25) is 0 Å². The van der Waals surface area contributed by atoms with Gasteiger partial charge < -0.3 is 4.90 Å². The minimum Gasteiger partial charge on any atom is -0.354 e. The van der Waals surface area contributed by atoms with Gasteiger partial charge in [0.15, 0.2) is 0 Å². The highest BCUT2D eigenvalue weighted by Gasteiger charge is 1.86. The Bertz CT molecular complexity index is 99.1. The fourth-order valence-electron chi connectivity index (χ4n) is 0.516. The molecule has 2 heteroatoms. The number of hydrogen-bond acceptors (Lipinski definition) is 1. The molecule has 0 amide bonds. The lowest BCUT2D eigenvalue weighted by Crippen LogP contribution is -2.10. The van der Waals surface area contributed by atoms with Crippen LogP contribution in [0.2, 0.25) is 0 Å². The van der Waals surface area contributed by atoms with E-state index in [0.717, 1.165) is 11.0 Å². The summed E-state index contributed by atoms with van der Waals surface area (Å²) in [5.74, 6) is 0. The van der Waals surface area contributed by atoms with Gasteiger partial charge in [-0.15, -0.1) is 0 Å². The van der Waals surface area contributed by atoms with Crippen molar-refractivity contribution in [3.8, 4) is 0 Å². The molecule has 0 aromatic carbocycles. The predicted molar refractivity (Wildman–Crippen MR) is 50.6 cm³/mol. The van der Waals surface area contributed by atoms with Crippen LogP contribution in [-0.2, 0) is 0 Å². The van der Waals surface area contributed by atoms with Crippen LogP contribution in [0.1, 0.15) is 6.92 Å². The van der Waals surface area contributed by atoms with Gasteiger partial charge in [0, 0.05) is 11.0 Å². The SMILES string of the molecule is C=CN(/C=C\C)CCI. The summed E-state index contributed by atoms with van der Waals surface area (Å²) < 4.78 is 1.13. The van der Waals surface area contributed by atoms with Crippen molar-refractivity contribution in [2.45, 2.75) is 6.92 Å². The molecule has 0 atom stereocenters. The molecule has 0 rings (SSSR count). The maximum absolute atomic E-state index is 3.67. The lowest BCUT2D eigenvalue weighted by Gasteiger charge is -2.11. The minimum atomic E-state index is 1.05. The number of hydrogen-bond donors (Lipinski definition) is 0. The molecule has 0 spiro atoms. The lowest BCUT2D eigenvalue weighted by atomic mass is 10.6. The number of halogens is 1. The van der Waals surface area contributed by atoms with E-state index in [2.05, 4.69) is 34.1 Å². The first-order valence-electron chi connectivity index (χ1n) is 2.92. The molecule has 0 aliphatic heterocycles. The average Bonchev–Trinajstić information content (AvgIpc) is 1.88. The van der Waals surface area contributed by atoms with Gasteiger partial charge in [-0.2, -0.15) is 0 Å². The van der Waals surface area contributed by atoms with Crippen molar-refractivity contribution < 1.29 is 0 Å². The molecule has 0 unspecified atom stereocenters. The number of rotatable bonds is 4. The first-order valence-corrected chi connectivity index (χ1v) is 4.44. The zero-order valence-electron chi connectivity index (χ0n) is 5.68. The highest BCUT2D eigenvalue weighted by Crippen LogP contribution is 1.92. The van der Waals surface area contributed by atoms with E-state index in [9.17, 15) is 0 Å². The van der Waals surface area contributed by atoms with E-state index in [0.29, 0.717) is 0 Å². The summed E-state index contributed by atoms with van der Waals surface area (Å²) in [6.07, 6.45) is 5.86. The molecule has 0 aromatic heterocycles. The third kappa shape index (κ3) is 4.51. The fourth-order valence-corrected chi connectivity index (χ4v) is 1.07. The van der Waals surface area contributed by atoms with Gasteiger partial charge in [0.25, 0.3) is 0 Å². The van der Waals surface area contributed by atoms with E-state index in [1.165, 1.54) is 0 Å². The molecule has 0 aliphatic rings. The van der Waals surface area contributed by atoms with Crippen LogP contribution in [0.3, 0.4) is 0 Å². The molecule has 0 aromatic rings. The fraction of sp³-hybridized carbons (Fsp3) is 0.429. The Labute approximate surface area is 70.6 Å². The Hall–Kier alpha value is 0.01000. The Morgan fingerprint density at radius 2 is 2.33 bits per heavy atom. The third-order valence-electron chi connectivity index (χ3n) is 0.918. The molecule has 0 saturated carbocycles. The van der Waals surface area contributed by atoms with Crippen LogP contribution in [-0.4, -0.2) is 15.9 Å². The van der Waals surface area contributed by atoms with Crippen LogP contribution in [0, 0.1) is 0 Å². The summed E-state index contributed by atoms with van der Waals surface area (Å²) in [7, 11) is 0. The lowest BCUT2D eigenvalue weighted by molar-refractivity contribution is 0.546. The maximum atomic E-state index is 3.67. The highest BCUT2D eigenvalue weighted by molar-refractivity contribution is 14.1. The van der Waals surface area contributed by atoms with E-state index in [4.69, 9.17) is 0 Å². The minimum absolute atomic E-state index is 1.05. The van der Waals surface area contributed by atoms with Gasteiger partial charge in [-0.3, -0.25) is 0 Å². The van der Waals surface area contributed by atoms with Gasteiger partial charge in [-0.1, -0.05) is 35.2 Å². The summed E-state index contributed by atoms with van der Waals surface area (Å²) in [5, 5.41) is 0. The molecule has 0 radical (unpaired) electrons. The van der Waals surface area contributed by atoms with E-state index in [1.807, 2.05) is 25.4 Å². The topological polar surface area (TPSA) is 3.24 Å². The Balaban J connectivity index is 3.53. The van der Waals surface area contributed by atoms with Crippen molar-refractivity contribution in [1.82, 2.24) is 4.90 Å². The van der Waals surface area contributed by atoms with Gasteiger partial charge in [-0.05, 0) is 19.3 Å². The number of alkyl halides is 1. The van der Waals surface area contributed by atoms with Gasteiger partial charge in [0.1, 0.15) is 0 Å². The summed E-state index contributed by atoms with van der Waals surface area (Å²) in [5.41, 5.74) is 0. The van der Waals surface area contributed by atoms with Crippen molar-refractivity contribution in [3.05, 3.63) is 25.1 Å². The summed E-state index contributed by atoms with van der Waals surface area (Å²) >= 11 is 2.34. The molecule has 0 fully saturated rings. The van der Waals surface area contributed by atoms with E-state index in [-0.39, 0.29) is 0 Å². The molecule has 52 valence electrons. The maximum Gasteiger partial charge on any atom is 0.0309 e. The van der Waals surface area contributed by atoms with Crippen LogP contribution in [0.15, 0.2) is 25.1 Å². The first-order chi connectivity index (χ1) is 4.35. The third-order valence-corrected chi connectivity index (χ3v) is 1.40. The summed E-state index contributed by atoms with van der Waals surface area (Å²) in [6.45, 7) is 6.72. The normalized spacial score (nSPS) is 10.0. The Kier molecular flexibility index (Phi) is 6.14. The van der Waals surface area contributed by atoms with Gasteiger partial charge in [-0.25, -0.2) is 0 Å². The predicted octanol–water partition coefficient (Wildman–Crippen LogP) is 2.40. The molecule has 9 heavy (non-hydrogen) atoms. The van der Waals surface area contributed by atoms with Crippen LogP contribution >= 0.6 is 22.6 Å². The molecular weight excluding hydrogens is 225 g/mol. The second-order valence-electron chi connectivity index (χ2n) is 1.59. The van der Waals surface area contributed by atoms with Crippen LogP contribution in [0.25, 0.3) is 0 Å². The van der Waals surface area contributed by atoms with Crippen molar-refractivity contribution >= 4 is 22.6 Å². The number of nitrogens with zero attached hydrogens (tertiary/aromatic N) is 1. The van der Waals surface area contributed by atoms with Crippen molar-refractivity contribution in [3.63, 3.8) is 0 Å². The molecular formula is C7H12IN. The first kappa shape index (κ1) is 9.01.